The Labute approximate surface area is 244 Å². The number of ether oxygens (including phenoxy) is 1. The molecule has 4 aliphatic carbocycles. The molecule has 0 radical (unpaired) electrons. The first-order valence-electron chi connectivity index (χ1n) is 17.4. The fourth-order valence-corrected chi connectivity index (χ4v) is 17.8. The lowest BCUT2D eigenvalue weighted by Crippen LogP contribution is -2.42. The minimum absolute atomic E-state index is 0.00204. The van der Waals surface area contributed by atoms with Crippen molar-refractivity contribution < 1.29 is 9.53 Å². The van der Waals surface area contributed by atoms with E-state index in [0.717, 1.165) is 34.8 Å². The zero-order valence-corrected chi connectivity index (χ0v) is 27.7. The third-order valence-corrected chi connectivity index (χ3v) is 18.6. The van der Waals surface area contributed by atoms with Gasteiger partial charge in [-0.25, -0.2) is 4.79 Å². The van der Waals surface area contributed by atoms with E-state index >= 15 is 0 Å². The summed E-state index contributed by atoms with van der Waals surface area (Å²) in [5, 5.41) is 0. The van der Waals surface area contributed by atoms with Crippen LogP contribution >= 0.6 is 15.8 Å². The summed E-state index contributed by atoms with van der Waals surface area (Å²) in [6.07, 6.45) is 31.9. The summed E-state index contributed by atoms with van der Waals surface area (Å²) >= 11 is 0. The van der Waals surface area contributed by atoms with Gasteiger partial charge in [0, 0.05) is 12.6 Å². The van der Waals surface area contributed by atoms with Crippen molar-refractivity contribution in [3.63, 3.8) is 0 Å². The van der Waals surface area contributed by atoms with Gasteiger partial charge in [-0.3, -0.25) is 0 Å². The SMILES string of the molecule is CC(C)(C)OC(=O)N1CC(P(C2CCCCC2)C2CCCCC2)CC1CP(C1CCCCC1)C1CCCCC1. The van der Waals surface area contributed by atoms with Crippen LogP contribution in [0.2, 0.25) is 0 Å². The van der Waals surface area contributed by atoms with Crippen molar-refractivity contribution in [2.75, 3.05) is 12.7 Å². The lowest BCUT2D eigenvalue weighted by Gasteiger charge is -2.42. The van der Waals surface area contributed by atoms with Crippen LogP contribution in [0, 0.1) is 0 Å². The first kappa shape index (κ1) is 30.6. The van der Waals surface area contributed by atoms with Crippen molar-refractivity contribution >= 4 is 21.9 Å². The van der Waals surface area contributed by atoms with E-state index in [1.165, 1.54) is 141 Å². The van der Waals surface area contributed by atoms with Gasteiger partial charge in [0.2, 0.25) is 0 Å². The van der Waals surface area contributed by atoms with E-state index in [1.54, 1.807) is 0 Å². The number of likely N-dealkylation sites (tertiary alicyclic amines) is 1. The minimum atomic E-state index is -0.408. The molecule has 2 atom stereocenters. The van der Waals surface area contributed by atoms with Crippen molar-refractivity contribution in [2.24, 2.45) is 0 Å². The Balaban J connectivity index is 1.39. The summed E-state index contributed by atoms with van der Waals surface area (Å²) in [4.78, 5) is 16.2. The van der Waals surface area contributed by atoms with Crippen LogP contribution in [0.5, 0.6) is 0 Å². The Morgan fingerprint density at radius 1 is 0.641 bits per heavy atom. The summed E-state index contributed by atoms with van der Waals surface area (Å²) in [6, 6.07) is 0.442. The molecule has 0 N–H and O–H groups in total. The molecular weight excluding hydrogens is 516 g/mol. The zero-order valence-electron chi connectivity index (χ0n) is 25.9. The van der Waals surface area contributed by atoms with Crippen LogP contribution in [0.15, 0.2) is 0 Å². The molecule has 224 valence electrons. The van der Waals surface area contributed by atoms with E-state index in [2.05, 4.69) is 25.7 Å². The molecule has 2 unspecified atom stereocenters. The van der Waals surface area contributed by atoms with Gasteiger partial charge in [0.15, 0.2) is 0 Å². The summed E-state index contributed by atoms with van der Waals surface area (Å²) in [6.45, 7) is 7.18. The molecule has 1 amide bonds. The van der Waals surface area contributed by atoms with Gasteiger partial charge in [0.1, 0.15) is 5.60 Å². The van der Waals surface area contributed by atoms with Crippen LogP contribution < -0.4 is 0 Å². The van der Waals surface area contributed by atoms with Gasteiger partial charge in [-0.1, -0.05) is 92.9 Å². The lowest BCUT2D eigenvalue weighted by molar-refractivity contribution is 0.0241. The van der Waals surface area contributed by atoms with Gasteiger partial charge in [-0.15, -0.1) is 0 Å². The van der Waals surface area contributed by atoms with E-state index in [-0.39, 0.29) is 21.9 Å². The lowest BCUT2D eigenvalue weighted by atomic mass is 9.99. The molecule has 0 bridgehead atoms. The van der Waals surface area contributed by atoms with E-state index in [4.69, 9.17) is 4.74 Å². The smallest absolute Gasteiger partial charge is 0.410 e. The number of amides is 1. The first-order chi connectivity index (χ1) is 18.9. The summed E-state index contributed by atoms with van der Waals surface area (Å²) in [5.41, 5.74) is 4.23. The highest BCUT2D eigenvalue weighted by atomic mass is 31.1. The van der Waals surface area contributed by atoms with Crippen molar-refractivity contribution in [3.8, 4) is 0 Å². The van der Waals surface area contributed by atoms with Gasteiger partial charge in [-0.05, 0) is 113 Å². The molecule has 0 aromatic carbocycles. The highest BCUT2D eigenvalue weighted by Gasteiger charge is 2.46. The van der Waals surface area contributed by atoms with Crippen molar-refractivity contribution in [1.82, 2.24) is 4.90 Å². The monoisotopic (exact) mass is 577 g/mol. The largest absolute Gasteiger partial charge is 0.444 e. The standard InChI is InChI=1S/C34H61NO2P2/c1-34(2,3)37-33(36)35-25-32(39(30-20-12-6-13-21-30)31-22-14-7-15-23-31)24-27(35)26-38(28-16-8-4-9-17-28)29-18-10-5-11-19-29/h27-32H,4-26H2,1-3H3. The van der Waals surface area contributed by atoms with Gasteiger partial charge < -0.3 is 9.64 Å². The van der Waals surface area contributed by atoms with Crippen LogP contribution in [0.4, 0.5) is 4.79 Å². The van der Waals surface area contributed by atoms with Gasteiger partial charge in [0.25, 0.3) is 0 Å². The van der Waals surface area contributed by atoms with Gasteiger partial charge >= 0.3 is 6.09 Å². The molecule has 39 heavy (non-hydrogen) atoms. The predicted octanol–water partition coefficient (Wildman–Crippen LogP) is 10.7. The number of hydrogen-bond acceptors (Lipinski definition) is 2. The van der Waals surface area contributed by atoms with Gasteiger partial charge in [-0.2, -0.15) is 0 Å². The molecule has 5 heteroatoms. The maximum atomic E-state index is 13.8. The van der Waals surface area contributed by atoms with E-state index in [1.807, 2.05) is 0 Å². The molecule has 1 heterocycles. The molecule has 1 saturated heterocycles. The fourth-order valence-electron chi connectivity index (χ4n) is 9.14. The Kier molecular flexibility index (Phi) is 11.4. The number of carbonyl (C=O) groups is 1. The molecule has 5 rings (SSSR count). The summed E-state index contributed by atoms with van der Waals surface area (Å²) in [5.74, 6) is 0. The zero-order chi connectivity index (χ0) is 27.2. The quantitative estimate of drug-likeness (QED) is 0.282. The molecule has 1 aliphatic heterocycles. The predicted molar refractivity (Wildman–Crippen MR) is 171 cm³/mol. The number of hydrogen-bond donors (Lipinski definition) is 0. The Hall–Kier alpha value is 0.130. The average Bonchev–Trinajstić information content (AvgIpc) is 3.36. The maximum Gasteiger partial charge on any atom is 0.410 e. The minimum Gasteiger partial charge on any atom is -0.444 e. The third-order valence-electron chi connectivity index (χ3n) is 10.9. The highest BCUT2D eigenvalue weighted by Crippen LogP contribution is 2.63. The van der Waals surface area contributed by atoms with Crippen LogP contribution in [0.1, 0.15) is 156 Å². The number of rotatable bonds is 7. The van der Waals surface area contributed by atoms with Crippen molar-refractivity contribution in [2.45, 2.75) is 196 Å². The Morgan fingerprint density at radius 3 is 1.46 bits per heavy atom. The average molecular weight is 578 g/mol. The van der Waals surface area contributed by atoms with E-state index < -0.39 is 5.60 Å². The fraction of sp³-hybridized carbons (Fsp3) is 0.971. The molecule has 0 aromatic rings. The Morgan fingerprint density at radius 2 is 1.05 bits per heavy atom. The van der Waals surface area contributed by atoms with Crippen molar-refractivity contribution in [3.05, 3.63) is 0 Å². The summed E-state index contributed by atoms with van der Waals surface area (Å²) in [7, 11) is -0.00748. The van der Waals surface area contributed by atoms with Crippen LogP contribution in [0.3, 0.4) is 0 Å². The second-order valence-corrected chi connectivity index (χ2v) is 20.9. The second-order valence-electron chi connectivity index (χ2n) is 15.0. The molecule has 0 aromatic heterocycles. The Bertz CT molecular complexity index is 709. The molecule has 3 nitrogen and oxygen atoms in total. The second kappa shape index (κ2) is 14.5. The first-order valence-corrected chi connectivity index (χ1v) is 20.6. The maximum absolute atomic E-state index is 13.8. The van der Waals surface area contributed by atoms with Crippen LogP contribution in [-0.2, 0) is 4.74 Å². The molecule has 0 spiro atoms. The molecule has 4 saturated carbocycles. The topological polar surface area (TPSA) is 29.5 Å². The third kappa shape index (κ3) is 8.37. The summed E-state index contributed by atoms with van der Waals surface area (Å²) < 4.78 is 6.14. The van der Waals surface area contributed by atoms with E-state index in [9.17, 15) is 4.79 Å². The highest BCUT2D eigenvalue weighted by molar-refractivity contribution is 7.60. The van der Waals surface area contributed by atoms with Crippen LogP contribution in [-0.4, -0.2) is 63.6 Å². The number of nitrogens with zero attached hydrogens (tertiary/aromatic N) is 1. The molecular formula is C34H61NO2P2. The molecule has 5 fully saturated rings. The van der Waals surface area contributed by atoms with Crippen LogP contribution in [0.25, 0.3) is 0 Å². The number of carbonyl (C=O) groups excluding carboxylic acids is 1. The molecule has 5 aliphatic rings. The van der Waals surface area contributed by atoms with E-state index in [0.29, 0.717) is 6.04 Å². The van der Waals surface area contributed by atoms with Gasteiger partial charge in [0.05, 0.1) is 0 Å². The normalized spacial score (nSPS) is 29.4. The van der Waals surface area contributed by atoms with Crippen molar-refractivity contribution in [1.29, 1.82) is 0 Å².